The van der Waals surface area contributed by atoms with Gasteiger partial charge in [0.25, 0.3) is 0 Å². The quantitative estimate of drug-likeness (QED) is 0.891. The molecule has 0 aliphatic carbocycles. The molecule has 1 atom stereocenters. The summed E-state index contributed by atoms with van der Waals surface area (Å²) in [5.74, 6) is 0.264. The van der Waals surface area contributed by atoms with Crippen LogP contribution < -0.4 is 5.32 Å². The van der Waals surface area contributed by atoms with Crippen LogP contribution in [0.15, 0.2) is 17.5 Å². The van der Waals surface area contributed by atoms with Crippen molar-refractivity contribution in [2.24, 2.45) is 0 Å². The van der Waals surface area contributed by atoms with Gasteiger partial charge in [-0.15, -0.1) is 11.3 Å². The average Bonchev–Trinajstić information content (AvgIpc) is 2.89. The Hall–Kier alpha value is -0.870. The fraction of sp³-hybridized carbons (Fsp3) is 0.615. The van der Waals surface area contributed by atoms with Crippen LogP contribution in [0, 0.1) is 0 Å². The summed E-state index contributed by atoms with van der Waals surface area (Å²) in [6.45, 7) is 4.57. The standard InChI is InChI=1S/C13H20N2OS/c1-2-15(10-11-6-5-9-17-11)13(16)12-7-3-4-8-14-12/h5-6,9,12,14H,2-4,7-8,10H2,1H3. The van der Waals surface area contributed by atoms with Gasteiger partial charge in [-0.1, -0.05) is 12.5 Å². The van der Waals surface area contributed by atoms with Gasteiger partial charge in [0, 0.05) is 11.4 Å². The number of hydrogen-bond donors (Lipinski definition) is 1. The van der Waals surface area contributed by atoms with Crippen LogP contribution in [0.1, 0.15) is 31.1 Å². The van der Waals surface area contributed by atoms with E-state index < -0.39 is 0 Å². The zero-order chi connectivity index (χ0) is 12.1. The van der Waals surface area contributed by atoms with Gasteiger partial charge in [0.15, 0.2) is 0 Å². The number of piperidine rings is 1. The Morgan fingerprint density at radius 1 is 1.59 bits per heavy atom. The number of hydrogen-bond acceptors (Lipinski definition) is 3. The largest absolute Gasteiger partial charge is 0.336 e. The van der Waals surface area contributed by atoms with Crippen LogP contribution in [0.25, 0.3) is 0 Å². The predicted molar refractivity (Wildman–Crippen MR) is 71.1 cm³/mol. The van der Waals surface area contributed by atoms with E-state index in [1.807, 2.05) is 17.9 Å². The van der Waals surface area contributed by atoms with Gasteiger partial charge < -0.3 is 10.2 Å². The molecule has 1 amide bonds. The molecule has 17 heavy (non-hydrogen) atoms. The third-order valence-electron chi connectivity index (χ3n) is 3.23. The van der Waals surface area contributed by atoms with E-state index in [2.05, 4.69) is 16.8 Å². The molecule has 1 aromatic heterocycles. The van der Waals surface area contributed by atoms with Crippen molar-refractivity contribution in [2.75, 3.05) is 13.1 Å². The Bertz CT molecular complexity index is 344. The molecule has 0 spiro atoms. The van der Waals surface area contributed by atoms with Crippen LogP contribution in [0.2, 0.25) is 0 Å². The first kappa shape index (κ1) is 12.6. The highest BCUT2D eigenvalue weighted by molar-refractivity contribution is 7.09. The van der Waals surface area contributed by atoms with Gasteiger partial charge in [-0.05, 0) is 37.8 Å². The van der Waals surface area contributed by atoms with E-state index in [-0.39, 0.29) is 11.9 Å². The van der Waals surface area contributed by atoms with Crippen LogP contribution in [0.3, 0.4) is 0 Å². The van der Waals surface area contributed by atoms with Gasteiger partial charge in [0.05, 0.1) is 12.6 Å². The zero-order valence-electron chi connectivity index (χ0n) is 10.3. The first-order valence-electron chi connectivity index (χ1n) is 6.36. The molecule has 1 aliphatic rings. The topological polar surface area (TPSA) is 32.3 Å². The Morgan fingerprint density at radius 3 is 3.06 bits per heavy atom. The molecule has 0 aromatic carbocycles. The number of carbonyl (C=O) groups excluding carboxylic acids is 1. The molecule has 4 heteroatoms. The maximum Gasteiger partial charge on any atom is 0.240 e. The van der Waals surface area contributed by atoms with E-state index in [1.54, 1.807) is 11.3 Å². The lowest BCUT2D eigenvalue weighted by Crippen LogP contribution is -2.48. The summed E-state index contributed by atoms with van der Waals surface area (Å²) in [5, 5.41) is 5.39. The van der Waals surface area contributed by atoms with Gasteiger partial charge in [-0.2, -0.15) is 0 Å². The highest BCUT2D eigenvalue weighted by Gasteiger charge is 2.24. The minimum Gasteiger partial charge on any atom is -0.336 e. The summed E-state index contributed by atoms with van der Waals surface area (Å²) in [6.07, 6.45) is 3.35. The molecule has 2 heterocycles. The van der Waals surface area contributed by atoms with Crippen LogP contribution in [-0.4, -0.2) is 29.9 Å². The van der Waals surface area contributed by atoms with Crippen molar-refractivity contribution in [2.45, 2.75) is 38.8 Å². The predicted octanol–water partition coefficient (Wildman–Crippen LogP) is 2.24. The molecule has 1 aliphatic heterocycles. The van der Waals surface area contributed by atoms with Gasteiger partial charge in [0.1, 0.15) is 0 Å². The van der Waals surface area contributed by atoms with Crippen molar-refractivity contribution >= 4 is 17.2 Å². The van der Waals surface area contributed by atoms with Crippen LogP contribution in [0.4, 0.5) is 0 Å². The number of thiophene rings is 1. The van der Waals surface area contributed by atoms with E-state index in [9.17, 15) is 4.79 Å². The first-order valence-corrected chi connectivity index (χ1v) is 7.23. The highest BCUT2D eigenvalue weighted by Crippen LogP contribution is 2.15. The van der Waals surface area contributed by atoms with Crippen molar-refractivity contribution in [3.8, 4) is 0 Å². The van der Waals surface area contributed by atoms with Gasteiger partial charge in [0.2, 0.25) is 5.91 Å². The molecule has 94 valence electrons. The second kappa shape index (κ2) is 6.17. The monoisotopic (exact) mass is 252 g/mol. The van der Waals surface area contributed by atoms with Crippen LogP contribution >= 0.6 is 11.3 Å². The minimum atomic E-state index is 0.0451. The maximum atomic E-state index is 12.3. The van der Waals surface area contributed by atoms with E-state index >= 15 is 0 Å². The Morgan fingerprint density at radius 2 is 2.47 bits per heavy atom. The van der Waals surface area contributed by atoms with Gasteiger partial charge in [-0.25, -0.2) is 0 Å². The summed E-state index contributed by atoms with van der Waals surface area (Å²) >= 11 is 1.72. The molecule has 1 unspecified atom stereocenters. The van der Waals surface area contributed by atoms with Gasteiger partial charge >= 0.3 is 0 Å². The lowest BCUT2D eigenvalue weighted by molar-refractivity contribution is -0.134. The average molecular weight is 252 g/mol. The van der Waals surface area contributed by atoms with Crippen molar-refractivity contribution in [1.29, 1.82) is 0 Å². The molecular formula is C13H20N2OS. The third-order valence-corrected chi connectivity index (χ3v) is 4.09. The summed E-state index contributed by atoms with van der Waals surface area (Å²) in [4.78, 5) is 15.5. The molecule has 0 bridgehead atoms. The van der Waals surface area contributed by atoms with E-state index in [0.29, 0.717) is 0 Å². The smallest absolute Gasteiger partial charge is 0.240 e. The fourth-order valence-corrected chi connectivity index (χ4v) is 2.94. The first-order chi connectivity index (χ1) is 8.31. The minimum absolute atomic E-state index is 0.0451. The lowest BCUT2D eigenvalue weighted by atomic mass is 10.0. The molecule has 1 fully saturated rings. The molecule has 1 N–H and O–H groups in total. The Labute approximate surface area is 107 Å². The van der Waals surface area contributed by atoms with Gasteiger partial charge in [-0.3, -0.25) is 4.79 Å². The summed E-state index contributed by atoms with van der Waals surface area (Å²) in [6, 6.07) is 4.18. The van der Waals surface area contributed by atoms with Crippen molar-refractivity contribution in [1.82, 2.24) is 10.2 Å². The Balaban J connectivity index is 1.94. The van der Waals surface area contributed by atoms with Crippen molar-refractivity contribution < 1.29 is 4.79 Å². The van der Waals surface area contributed by atoms with Crippen LogP contribution in [0.5, 0.6) is 0 Å². The Kier molecular flexibility index (Phi) is 4.57. The maximum absolute atomic E-state index is 12.3. The van der Waals surface area contributed by atoms with Crippen LogP contribution in [-0.2, 0) is 11.3 Å². The van der Waals surface area contributed by atoms with Crippen molar-refractivity contribution in [3.63, 3.8) is 0 Å². The molecule has 0 saturated carbocycles. The van der Waals surface area contributed by atoms with Crippen molar-refractivity contribution in [3.05, 3.63) is 22.4 Å². The number of rotatable bonds is 4. The summed E-state index contributed by atoms with van der Waals surface area (Å²) in [5.41, 5.74) is 0. The second-order valence-electron chi connectivity index (χ2n) is 4.43. The molecule has 0 radical (unpaired) electrons. The molecule has 3 nitrogen and oxygen atoms in total. The van der Waals surface area contributed by atoms with E-state index in [4.69, 9.17) is 0 Å². The number of carbonyl (C=O) groups is 1. The normalized spacial score (nSPS) is 20.2. The third kappa shape index (κ3) is 3.30. The lowest BCUT2D eigenvalue weighted by Gasteiger charge is -2.29. The molecule has 2 rings (SSSR count). The SMILES string of the molecule is CCN(Cc1cccs1)C(=O)C1CCCCN1. The highest BCUT2D eigenvalue weighted by atomic mass is 32.1. The number of nitrogens with zero attached hydrogens (tertiary/aromatic N) is 1. The number of amides is 1. The molecule has 1 saturated heterocycles. The number of likely N-dealkylation sites (N-methyl/N-ethyl adjacent to an activating group) is 1. The zero-order valence-corrected chi connectivity index (χ0v) is 11.1. The second-order valence-corrected chi connectivity index (χ2v) is 5.47. The van der Waals surface area contributed by atoms with E-state index in [1.165, 1.54) is 17.7 Å². The fourth-order valence-electron chi connectivity index (χ4n) is 2.22. The number of nitrogens with one attached hydrogen (secondary N) is 1. The van der Waals surface area contributed by atoms with E-state index in [0.717, 1.165) is 26.1 Å². The summed E-state index contributed by atoms with van der Waals surface area (Å²) < 4.78 is 0. The summed E-state index contributed by atoms with van der Waals surface area (Å²) in [7, 11) is 0. The molecule has 1 aromatic rings. The molecular weight excluding hydrogens is 232 g/mol.